The first-order valence-electron chi connectivity index (χ1n) is 10.1. The Bertz CT molecular complexity index is 966. The molecular weight excluding hydrogens is 432 g/mol. The van der Waals surface area contributed by atoms with E-state index in [1.807, 2.05) is 30.3 Å². The number of allylic oxidation sites excluding steroid dienone is 1. The average Bonchev–Trinajstić information content (AvgIpc) is 2.76. The quantitative estimate of drug-likeness (QED) is 0.379. The molecule has 2 aliphatic rings. The molecule has 2 aliphatic heterocycles. The lowest BCUT2D eigenvalue weighted by Crippen LogP contribution is -2.70. The van der Waals surface area contributed by atoms with Gasteiger partial charge in [0, 0.05) is 5.75 Å². The van der Waals surface area contributed by atoms with Crippen LogP contribution >= 0.6 is 11.8 Å². The molecule has 1 fully saturated rings. The van der Waals surface area contributed by atoms with Crippen LogP contribution in [0.1, 0.15) is 26.3 Å². The summed E-state index contributed by atoms with van der Waals surface area (Å²) in [6, 6.07) is 8.49. The number of hydrogen-bond acceptors (Lipinski definition) is 7. The highest BCUT2D eigenvalue weighted by atomic mass is 32.2. The SMILES string of the molecule is C=CC1=C(C(=O)OCOC(=O)C(C)(C)C)N2C(=O)C(NC(=O)Cc3ccccc3)[C@H]2SC1. The molecule has 170 valence electrons. The summed E-state index contributed by atoms with van der Waals surface area (Å²) in [6.45, 7) is 8.20. The molecule has 0 aliphatic carbocycles. The summed E-state index contributed by atoms with van der Waals surface area (Å²) in [4.78, 5) is 51.1. The number of ether oxygens (including phenoxy) is 2. The summed E-state index contributed by atoms with van der Waals surface area (Å²) in [6.07, 6.45) is 1.65. The van der Waals surface area contributed by atoms with Crippen LogP contribution in [0.15, 0.2) is 54.3 Å². The van der Waals surface area contributed by atoms with Gasteiger partial charge in [-0.3, -0.25) is 19.3 Å². The Morgan fingerprint density at radius 1 is 1.22 bits per heavy atom. The normalized spacial score (nSPS) is 20.1. The van der Waals surface area contributed by atoms with Crippen LogP contribution in [-0.2, 0) is 35.1 Å². The van der Waals surface area contributed by atoms with Gasteiger partial charge < -0.3 is 14.8 Å². The number of nitrogens with one attached hydrogen (secondary N) is 1. The van der Waals surface area contributed by atoms with Crippen molar-refractivity contribution in [3.8, 4) is 0 Å². The van der Waals surface area contributed by atoms with Crippen LogP contribution in [0.5, 0.6) is 0 Å². The molecule has 3 rings (SSSR count). The summed E-state index contributed by atoms with van der Waals surface area (Å²) in [5.74, 6) is -1.54. The summed E-state index contributed by atoms with van der Waals surface area (Å²) in [5, 5.41) is 2.33. The maximum Gasteiger partial charge on any atom is 0.358 e. The van der Waals surface area contributed by atoms with Gasteiger partial charge in [-0.15, -0.1) is 11.8 Å². The van der Waals surface area contributed by atoms with E-state index in [1.54, 1.807) is 20.8 Å². The Morgan fingerprint density at radius 2 is 1.91 bits per heavy atom. The number of fused-ring (bicyclic) bond motifs is 1. The van der Waals surface area contributed by atoms with Crippen molar-refractivity contribution >= 4 is 35.5 Å². The van der Waals surface area contributed by atoms with Crippen molar-refractivity contribution in [2.75, 3.05) is 12.5 Å². The third-order valence-electron chi connectivity index (χ3n) is 4.95. The molecule has 2 atom stereocenters. The van der Waals surface area contributed by atoms with Crippen LogP contribution < -0.4 is 5.32 Å². The van der Waals surface area contributed by atoms with E-state index in [9.17, 15) is 19.2 Å². The van der Waals surface area contributed by atoms with Gasteiger partial charge in [-0.1, -0.05) is 43.0 Å². The van der Waals surface area contributed by atoms with Gasteiger partial charge in [-0.25, -0.2) is 4.79 Å². The molecule has 0 spiro atoms. The zero-order valence-corrected chi connectivity index (χ0v) is 19.1. The first kappa shape index (κ1) is 23.6. The Morgan fingerprint density at radius 3 is 2.53 bits per heavy atom. The minimum atomic E-state index is -0.783. The Hall–Kier alpha value is -3.07. The number of carbonyl (C=O) groups excluding carboxylic acids is 4. The van der Waals surface area contributed by atoms with Crippen molar-refractivity contribution in [3.63, 3.8) is 0 Å². The fourth-order valence-corrected chi connectivity index (χ4v) is 4.56. The Kier molecular flexibility index (Phi) is 7.08. The van der Waals surface area contributed by atoms with Crippen LogP contribution in [0.3, 0.4) is 0 Å². The average molecular weight is 459 g/mol. The monoisotopic (exact) mass is 458 g/mol. The number of β-lactam (4-membered cyclic amide) rings is 1. The molecule has 2 heterocycles. The van der Waals surface area contributed by atoms with Crippen LogP contribution in [0.4, 0.5) is 0 Å². The minimum Gasteiger partial charge on any atom is -0.427 e. The van der Waals surface area contributed by atoms with Gasteiger partial charge in [-0.05, 0) is 31.9 Å². The summed E-state index contributed by atoms with van der Waals surface area (Å²) in [7, 11) is 0. The second kappa shape index (κ2) is 9.60. The van der Waals surface area contributed by atoms with Gasteiger partial charge in [0.25, 0.3) is 5.91 Å². The van der Waals surface area contributed by atoms with E-state index in [0.29, 0.717) is 11.3 Å². The number of benzene rings is 1. The van der Waals surface area contributed by atoms with Crippen LogP contribution in [-0.4, -0.2) is 52.6 Å². The predicted molar refractivity (Wildman–Crippen MR) is 119 cm³/mol. The molecule has 1 aromatic carbocycles. The van der Waals surface area contributed by atoms with Crippen molar-refractivity contribution in [2.45, 2.75) is 38.6 Å². The van der Waals surface area contributed by atoms with Crippen molar-refractivity contribution in [1.82, 2.24) is 10.2 Å². The van der Waals surface area contributed by atoms with E-state index in [4.69, 9.17) is 9.47 Å². The first-order chi connectivity index (χ1) is 15.1. The molecule has 0 radical (unpaired) electrons. The maximum absolute atomic E-state index is 12.8. The number of esters is 2. The van der Waals surface area contributed by atoms with Crippen molar-refractivity contribution in [3.05, 3.63) is 59.8 Å². The topological polar surface area (TPSA) is 102 Å². The molecule has 1 unspecified atom stereocenters. The third kappa shape index (κ3) is 5.04. The summed E-state index contributed by atoms with van der Waals surface area (Å²) >= 11 is 1.43. The van der Waals surface area contributed by atoms with Gasteiger partial charge in [0.15, 0.2) is 0 Å². The maximum atomic E-state index is 12.8. The molecular formula is C23H26N2O6S. The van der Waals surface area contributed by atoms with Crippen molar-refractivity contribution in [2.24, 2.45) is 5.41 Å². The standard InChI is InChI=1S/C23H26N2O6S/c1-5-15-12-32-20-17(24-16(26)11-14-9-7-6-8-10-14)19(27)25(20)18(15)21(28)30-13-31-22(29)23(2,3)4/h5-10,17,20H,1,11-13H2,2-4H3,(H,24,26)/t17?,20-/m1/s1. The highest BCUT2D eigenvalue weighted by Gasteiger charge is 2.54. The fraction of sp³-hybridized carbons (Fsp3) is 0.391. The first-order valence-corrected chi connectivity index (χ1v) is 11.2. The van der Waals surface area contributed by atoms with E-state index in [1.165, 1.54) is 22.7 Å². The van der Waals surface area contributed by atoms with Gasteiger partial charge in [0.2, 0.25) is 12.7 Å². The van der Waals surface area contributed by atoms with E-state index in [-0.39, 0.29) is 18.0 Å². The number of thioether (sulfide) groups is 1. The van der Waals surface area contributed by atoms with Crippen LogP contribution in [0.25, 0.3) is 0 Å². The molecule has 0 aromatic heterocycles. The zero-order chi connectivity index (χ0) is 23.5. The number of rotatable bonds is 7. The molecule has 2 amide bonds. The molecule has 0 bridgehead atoms. The van der Waals surface area contributed by atoms with Crippen LogP contribution in [0, 0.1) is 5.41 Å². The van der Waals surface area contributed by atoms with E-state index < -0.39 is 41.5 Å². The summed E-state index contributed by atoms with van der Waals surface area (Å²) < 4.78 is 10.1. The van der Waals surface area contributed by atoms with Gasteiger partial charge in [0.1, 0.15) is 17.1 Å². The largest absolute Gasteiger partial charge is 0.427 e. The number of carbonyl (C=O) groups is 4. The Balaban J connectivity index is 1.63. The second-order valence-electron chi connectivity index (χ2n) is 8.43. The number of hydrogen-bond donors (Lipinski definition) is 1. The highest BCUT2D eigenvalue weighted by molar-refractivity contribution is 8.00. The lowest BCUT2D eigenvalue weighted by molar-refractivity contribution is -0.173. The molecule has 1 N–H and O–H groups in total. The summed E-state index contributed by atoms with van der Waals surface area (Å²) in [5.41, 5.74) is 0.714. The fourth-order valence-electron chi connectivity index (χ4n) is 3.22. The van der Waals surface area contributed by atoms with Gasteiger partial charge in [-0.2, -0.15) is 0 Å². The molecule has 9 heteroatoms. The van der Waals surface area contributed by atoms with Gasteiger partial charge >= 0.3 is 11.9 Å². The smallest absolute Gasteiger partial charge is 0.358 e. The van der Waals surface area contributed by atoms with Gasteiger partial charge in [0.05, 0.1) is 11.8 Å². The van der Waals surface area contributed by atoms with E-state index in [2.05, 4.69) is 11.9 Å². The van der Waals surface area contributed by atoms with Crippen LogP contribution in [0.2, 0.25) is 0 Å². The molecule has 1 saturated heterocycles. The molecule has 0 saturated carbocycles. The zero-order valence-electron chi connectivity index (χ0n) is 18.3. The number of nitrogens with zero attached hydrogens (tertiary/aromatic N) is 1. The number of amides is 2. The predicted octanol–water partition coefficient (Wildman–Crippen LogP) is 2.16. The van der Waals surface area contributed by atoms with E-state index >= 15 is 0 Å². The highest BCUT2D eigenvalue weighted by Crippen LogP contribution is 2.40. The molecule has 32 heavy (non-hydrogen) atoms. The second-order valence-corrected chi connectivity index (χ2v) is 9.53. The Labute approximate surface area is 191 Å². The van der Waals surface area contributed by atoms with Crippen molar-refractivity contribution in [1.29, 1.82) is 0 Å². The lowest BCUT2D eigenvalue weighted by atomic mass is 9.98. The minimum absolute atomic E-state index is 0.0640. The molecule has 1 aromatic rings. The van der Waals surface area contributed by atoms with E-state index in [0.717, 1.165) is 5.56 Å². The van der Waals surface area contributed by atoms with Crippen molar-refractivity contribution < 1.29 is 28.7 Å². The lowest BCUT2D eigenvalue weighted by Gasteiger charge is -2.49. The third-order valence-corrected chi connectivity index (χ3v) is 6.26. The molecule has 8 nitrogen and oxygen atoms in total.